The van der Waals surface area contributed by atoms with Crippen LogP contribution in [0.2, 0.25) is 0 Å². The fourth-order valence-electron chi connectivity index (χ4n) is 5.22. The normalized spacial score (nSPS) is 11.8. The molecule has 0 spiro atoms. The molecule has 1 atom stereocenters. The van der Waals surface area contributed by atoms with Crippen LogP contribution in [0.1, 0.15) is 88.3 Å². The number of benzene rings is 3. The SMILES string of the molecule is CCCCCCCC(=O)N[C@H](CC(=O)NC(c1ccccc1)(c1ccccc1)c1ccccc1)C(=O)C(=O)NCCCC. The second kappa shape index (κ2) is 17.6. The number of unbranched alkanes of at least 4 members (excludes halogenated alkanes) is 5. The number of ketones is 1. The Morgan fingerprint density at radius 2 is 1.12 bits per heavy atom. The molecular weight excluding hydrogens is 538 g/mol. The van der Waals surface area contributed by atoms with Crippen LogP contribution in [0.3, 0.4) is 0 Å². The van der Waals surface area contributed by atoms with Crippen LogP contribution in [0.5, 0.6) is 0 Å². The third-order valence-corrected chi connectivity index (χ3v) is 7.54. The lowest BCUT2D eigenvalue weighted by atomic mass is 9.77. The summed E-state index contributed by atoms with van der Waals surface area (Å²) >= 11 is 0. The van der Waals surface area contributed by atoms with Gasteiger partial charge in [-0.15, -0.1) is 0 Å². The number of hydrogen-bond donors (Lipinski definition) is 3. The molecule has 0 aliphatic heterocycles. The number of carbonyl (C=O) groups is 4. The first-order valence-electron chi connectivity index (χ1n) is 15.5. The van der Waals surface area contributed by atoms with Gasteiger partial charge in [-0.05, 0) is 29.5 Å². The average Bonchev–Trinajstić information content (AvgIpc) is 3.04. The van der Waals surface area contributed by atoms with Gasteiger partial charge in [0.1, 0.15) is 11.6 Å². The van der Waals surface area contributed by atoms with Crippen molar-refractivity contribution in [3.63, 3.8) is 0 Å². The van der Waals surface area contributed by atoms with Gasteiger partial charge in [-0.3, -0.25) is 19.2 Å². The predicted molar refractivity (Wildman–Crippen MR) is 170 cm³/mol. The molecule has 0 aromatic heterocycles. The molecule has 3 N–H and O–H groups in total. The number of carbonyl (C=O) groups excluding carboxylic acids is 4. The maximum Gasteiger partial charge on any atom is 0.289 e. The molecule has 7 nitrogen and oxygen atoms in total. The quantitative estimate of drug-likeness (QED) is 0.0998. The lowest BCUT2D eigenvalue weighted by molar-refractivity contribution is -0.141. The predicted octanol–water partition coefficient (Wildman–Crippen LogP) is 5.82. The highest BCUT2D eigenvalue weighted by molar-refractivity contribution is 6.38. The fraction of sp³-hybridized carbons (Fsp3) is 0.389. The van der Waals surface area contributed by atoms with Gasteiger partial charge < -0.3 is 16.0 Å². The van der Waals surface area contributed by atoms with Gasteiger partial charge in [-0.1, -0.05) is 137 Å². The molecule has 3 rings (SSSR count). The monoisotopic (exact) mass is 583 g/mol. The Labute approximate surface area is 255 Å². The summed E-state index contributed by atoms with van der Waals surface area (Å²) < 4.78 is 0. The van der Waals surface area contributed by atoms with Gasteiger partial charge in [-0.25, -0.2) is 0 Å². The van der Waals surface area contributed by atoms with Crippen molar-refractivity contribution >= 4 is 23.5 Å². The lowest BCUT2D eigenvalue weighted by Crippen LogP contribution is -2.53. The van der Waals surface area contributed by atoms with Gasteiger partial charge in [-0.2, -0.15) is 0 Å². The summed E-state index contributed by atoms with van der Waals surface area (Å²) in [6.45, 7) is 4.46. The van der Waals surface area contributed by atoms with Crippen LogP contribution in [-0.2, 0) is 24.7 Å². The third-order valence-electron chi connectivity index (χ3n) is 7.54. The number of amides is 3. The number of rotatable bonds is 18. The summed E-state index contributed by atoms with van der Waals surface area (Å²) in [5, 5.41) is 8.56. The summed E-state index contributed by atoms with van der Waals surface area (Å²) in [6.07, 6.45) is 6.26. The average molecular weight is 584 g/mol. The fourth-order valence-corrected chi connectivity index (χ4v) is 5.22. The van der Waals surface area contributed by atoms with Crippen LogP contribution >= 0.6 is 0 Å². The Morgan fingerprint density at radius 1 is 0.628 bits per heavy atom. The molecule has 0 unspecified atom stereocenters. The summed E-state index contributed by atoms with van der Waals surface area (Å²) in [5.74, 6) is -2.44. The summed E-state index contributed by atoms with van der Waals surface area (Å²) in [7, 11) is 0. The first-order valence-corrected chi connectivity index (χ1v) is 15.5. The van der Waals surface area contributed by atoms with Crippen molar-refractivity contribution in [3.8, 4) is 0 Å². The van der Waals surface area contributed by atoms with E-state index in [0.717, 1.165) is 55.2 Å². The number of hydrogen-bond acceptors (Lipinski definition) is 4. The molecule has 3 aromatic rings. The van der Waals surface area contributed by atoms with Crippen LogP contribution < -0.4 is 16.0 Å². The van der Waals surface area contributed by atoms with E-state index in [4.69, 9.17) is 0 Å². The van der Waals surface area contributed by atoms with Gasteiger partial charge in [0.2, 0.25) is 17.6 Å². The maximum absolute atomic E-state index is 13.9. The minimum absolute atomic E-state index is 0.231. The second-order valence-corrected chi connectivity index (χ2v) is 10.9. The van der Waals surface area contributed by atoms with Crippen molar-refractivity contribution in [2.75, 3.05) is 6.54 Å². The molecule has 3 amide bonds. The highest BCUT2D eigenvalue weighted by Crippen LogP contribution is 2.36. The van der Waals surface area contributed by atoms with E-state index in [2.05, 4.69) is 22.9 Å². The highest BCUT2D eigenvalue weighted by Gasteiger charge is 2.39. The molecule has 228 valence electrons. The molecule has 0 radical (unpaired) electrons. The summed E-state index contributed by atoms with van der Waals surface area (Å²) in [5.41, 5.74) is 1.41. The van der Waals surface area contributed by atoms with Gasteiger partial charge in [0, 0.05) is 13.0 Å². The van der Waals surface area contributed by atoms with Gasteiger partial charge in [0.05, 0.1) is 6.42 Å². The number of Topliss-reactive ketones (excluding diaryl/α,β-unsaturated/α-hetero) is 1. The largest absolute Gasteiger partial charge is 0.349 e. The lowest BCUT2D eigenvalue weighted by Gasteiger charge is -2.37. The molecule has 0 bridgehead atoms. The molecule has 0 saturated heterocycles. The smallest absolute Gasteiger partial charge is 0.289 e. The number of nitrogens with one attached hydrogen (secondary N) is 3. The van der Waals surface area contributed by atoms with E-state index >= 15 is 0 Å². The summed E-state index contributed by atoms with van der Waals surface area (Å²) in [6, 6.07) is 27.6. The summed E-state index contributed by atoms with van der Waals surface area (Å²) in [4.78, 5) is 52.9. The van der Waals surface area contributed by atoms with E-state index in [-0.39, 0.29) is 18.7 Å². The minimum atomic E-state index is -1.29. The van der Waals surface area contributed by atoms with Crippen molar-refractivity contribution in [2.45, 2.75) is 83.2 Å². The molecule has 0 aliphatic rings. The first-order chi connectivity index (χ1) is 20.9. The standard InChI is InChI=1S/C36H45N3O4/c1-3-5-7-8-18-25-32(40)38-31(34(42)35(43)37-26-6-4-2)27-33(41)39-36(28-19-12-9-13-20-28,29-21-14-10-15-22-29)30-23-16-11-17-24-30/h9-17,19-24,31H,3-8,18,25-27H2,1-2H3,(H,37,43)(H,38,40)(H,39,41)/t31-/m1/s1. The van der Waals surface area contributed by atoms with E-state index in [0.29, 0.717) is 13.0 Å². The van der Waals surface area contributed by atoms with E-state index in [1.54, 1.807) is 0 Å². The molecule has 0 heterocycles. The Hall–Kier alpha value is -4.26. The second-order valence-electron chi connectivity index (χ2n) is 10.9. The third kappa shape index (κ3) is 9.63. The molecule has 3 aromatic carbocycles. The van der Waals surface area contributed by atoms with Crippen molar-refractivity contribution in [2.24, 2.45) is 0 Å². The van der Waals surface area contributed by atoms with Gasteiger partial charge in [0.15, 0.2) is 0 Å². The Bertz CT molecular complexity index is 1200. The topological polar surface area (TPSA) is 104 Å². The maximum atomic E-state index is 13.9. The van der Waals surface area contributed by atoms with Crippen molar-refractivity contribution < 1.29 is 19.2 Å². The van der Waals surface area contributed by atoms with Crippen LogP contribution in [-0.4, -0.2) is 36.1 Å². The van der Waals surface area contributed by atoms with Gasteiger partial charge >= 0.3 is 0 Å². The molecule has 0 fully saturated rings. The Kier molecular flexibility index (Phi) is 13.6. The van der Waals surface area contributed by atoms with E-state index in [1.165, 1.54) is 0 Å². The van der Waals surface area contributed by atoms with Crippen molar-refractivity contribution in [1.29, 1.82) is 0 Å². The molecular formula is C36H45N3O4. The van der Waals surface area contributed by atoms with Crippen LogP contribution in [0, 0.1) is 0 Å². The molecule has 0 aliphatic carbocycles. The van der Waals surface area contributed by atoms with Crippen molar-refractivity contribution in [1.82, 2.24) is 16.0 Å². The van der Waals surface area contributed by atoms with E-state index in [9.17, 15) is 19.2 Å². The molecule has 43 heavy (non-hydrogen) atoms. The highest BCUT2D eigenvalue weighted by atomic mass is 16.2. The Morgan fingerprint density at radius 3 is 1.60 bits per heavy atom. The zero-order chi connectivity index (χ0) is 30.9. The van der Waals surface area contributed by atoms with Crippen LogP contribution in [0.25, 0.3) is 0 Å². The van der Waals surface area contributed by atoms with E-state index in [1.807, 2.05) is 97.9 Å². The Balaban J connectivity index is 1.91. The van der Waals surface area contributed by atoms with E-state index < -0.39 is 29.2 Å². The molecule has 0 saturated carbocycles. The zero-order valence-corrected chi connectivity index (χ0v) is 25.4. The zero-order valence-electron chi connectivity index (χ0n) is 25.4. The van der Waals surface area contributed by atoms with Gasteiger partial charge in [0.25, 0.3) is 5.91 Å². The molecule has 7 heteroatoms. The first kappa shape index (κ1) is 33.2. The van der Waals surface area contributed by atoms with Crippen LogP contribution in [0.15, 0.2) is 91.0 Å². The van der Waals surface area contributed by atoms with Crippen molar-refractivity contribution in [3.05, 3.63) is 108 Å². The minimum Gasteiger partial charge on any atom is -0.349 e. The van der Waals surface area contributed by atoms with Crippen LogP contribution in [0.4, 0.5) is 0 Å².